The zero-order valence-corrected chi connectivity index (χ0v) is 10.6. The molecule has 0 radical (unpaired) electrons. The maximum atomic E-state index is 13.8. The highest BCUT2D eigenvalue weighted by atomic mass is 35.5. The van der Waals surface area contributed by atoms with Crippen molar-refractivity contribution in [2.45, 2.75) is 36.9 Å². The first kappa shape index (κ1) is 16.3. The summed E-state index contributed by atoms with van der Waals surface area (Å²) >= 11 is 0. The standard InChI is InChI=1S/C9H15F2N3O4.ClH/c10-9(11)6(16)4(3-15)18-7(9)14-2-1-5(12)13-8(14)17;/h4-7,15-16H,1-3,12H2,(H,13,17);1H. The van der Waals surface area contributed by atoms with Crippen LogP contribution in [0.5, 0.6) is 0 Å². The van der Waals surface area contributed by atoms with E-state index in [-0.39, 0.29) is 19.0 Å². The highest BCUT2D eigenvalue weighted by Gasteiger charge is 2.61. The minimum Gasteiger partial charge on any atom is -0.394 e. The Morgan fingerprint density at radius 2 is 2.21 bits per heavy atom. The molecular weight excluding hydrogens is 288 g/mol. The first-order valence-electron chi connectivity index (χ1n) is 5.53. The van der Waals surface area contributed by atoms with Crippen molar-refractivity contribution in [3.63, 3.8) is 0 Å². The summed E-state index contributed by atoms with van der Waals surface area (Å²) in [5, 5.41) is 20.5. The number of hydrogen-bond acceptors (Lipinski definition) is 5. The third kappa shape index (κ3) is 2.75. The van der Waals surface area contributed by atoms with E-state index in [0.717, 1.165) is 4.90 Å². The van der Waals surface area contributed by atoms with E-state index in [9.17, 15) is 18.7 Å². The monoisotopic (exact) mass is 303 g/mol. The van der Waals surface area contributed by atoms with Gasteiger partial charge in [-0.3, -0.25) is 4.90 Å². The molecule has 0 aromatic rings. The van der Waals surface area contributed by atoms with Gasteiger partial charge in [0, 0.05) is 6.54 Å². The van der Waals surface area contributed by atoms with Crippen LogP contribution < -0.4 is 11.1 Å². The number of carbonyl (C=O) groups excluding carboxylic acids is 1. The molecule has 2 amide bonds. The van der Waals surface area contributed by atoms with E-state index in [0.29, 0.717) is 6.42 Å². The Labute approximate surface area is 114 Å². The van der Waals surface area contributed by atoms with Crippen molar-refractivity contribution in [2.75, 3.05) is 13.2 Å². The van der Waals surface area contributed by atoms with Gasteiger partial charge in [-0.25, -0.2) is 4.79 Å². The second kappa shape index (κ2) is 5.71. The quantitative estimate of drug-likeness (QED) is 0.514. The van der Waals surface area contributed by atoms with Gasteiger partial charge in [-0.2, -0.15) is 8.78 Å². The van der Waals surface area contributed by atoms with E-state index in [2.05, 4.69) is 5.32 Å². The van der Waals surface area contributed by atoms with Crippen LogP contribution in [0, 0.1) is 0 Å². The fourth-order valence-corrected chi connectivity index (χ4v) is 2.07. The van der Waals surface area contributed by atoms with Crippen molar-refractivity contribution >= 4 is 18.4 Å². The third-order valence-corrected chi connectivity index (χ3v) is 3.09. The summed E-state index contributed by atoms with van der Waals surface area (Å²) in [6.07, 6.45) is -5.73. The summed E-state index contributed by atoms with van der Waals surface area (Å²) in [5.74, 6) is -3.63. The van der Waals surface area contributed by atoms with E-state index in [1.807, 2.05) is 0 Å². The van der Waals surface area contributed by atoms with Gasteiger partial charge < -0.3 is 26.0 Å². The molecule has 2 aliphatic heterocycles. The summed E-state index contributed by atoms with van der Waals surface area (Å²) < 4.78 is 32.4. The van der Waals surface area contributed by atoms with Crippen LogP contribution in [-0.2, 0) is 4.74 Å². The van der Waals surface area contributed by atoms with Gasteiger partial charge in [0.25, 0.3) is 0 Å². The lowest BCUT2D eigenvalue weighted by molar-refractivity contribution is -0.157. The Bertz CT molecular complexity index is 349. The van der Waals surface area contributed by atoms with Gasteiger partial charge in [-0.05, 0) is 6.42 Å². The van der Waals surface area contributed by atoms with Crippen LogP contribution >= 0.6 is 12.4 Å². The molecule has 0 aliphatic carbocycles. The van der Waals surface area contributed by atoms with Crippen LogP contribution in [0.2, 0.25) is 0 Å². The SMILES string of the molecule is Cl.NC1CCN(C2OC(CO)C(O)C2(F)F)C(=O)N1. The summed E-state index contributed by atoms with van der Waals surface area (Å²) in [6.45, 7) is -0.750. The number of ether oxygens (including phenoxy) is 1. The van der Waals surface area contributed by atoms with Gasteiger partial charge in [0.2, 0.25) is 6.23 Å². The Morgan fingerprint density at radius 1 is 1.58 bits per heavy atom. The number of amides is 2. The lowest BCUT2D eigenvalue weighted by Crippen LogP contribution is -2.61. The Morgan fingerprint density at radius 3 is 2.68 bits per heavy atom. The van der Waals surface area contributed by atoms with Crippen molar-refractivity contribution < 1.29 is 28.5 Å². The fourth-order valence-electron chi connectivity index (χ4n) is 2.07. The van der Waals surface area contributed by atoms with E-state index < -0.39 is 43.2 Å². The molecule has 2 rings (SSSR count). The lowest BCUT2D eigenvalue weighted by Gasteiger charge is -2.36. The maximum Gasteiger partial charge on any atom is 0.320 e. The molecule has 10 heteroatoms. The second-order valence-electron chi connectivity index (χ2n) is 4.37. The topological polar surface area (TPSA) is 108 Å². The average molecular weight is 304 g/mol. The highest BCUT2D eigenvalue weighted by molar-refractivity contribution is 5.85. The Hall–Kier alpha value is -0.740. The summed E-state index contributed by atoms with van der Waals surface area (Å²) in [6, 6.07) is -0.774. The number of nitrogens with one attached hydrogen (secondary N) is 1. The lowest BCUT2D eigenvalue weighted by atomic mass is 10.1. The Balaban J connectivity index is 0.00000180. The first-order valence-corrected chi connectivity index (χ1v) is 5.53. The second-order valence-corrected chi connectivity index (χ2v) is 4.37. The number of nitrogens with zero attached hydrogens (tertiary/aromatic N) is 1. The predicted molar refractivity (Wildman–Crippen MR) is 61.8 cm³/mol. The van der Waals surface area contributed by atoms with Crippen molar-refractivity contribution in [1.82, 2.24) is 10.2 Å². The number of urea groups is 1. The molecule has 0 aromatic carbocycles. The summed E-state index contributed by atoms with van der Waals surface area (Å²) in [7, 11) is 0. The molecular formula is C9H16ClF2N3O4. The van der Waals surface area contributed by atoms with Gasteiger partial charge in [-0.1, -0.05) is 0 Å². The van der Waals surface area contributed by atoms with Crippen LogP contribution in [0.1, 0.15) is 6.42 Å². The molecule has 0 aromatic heterocycles. The fraction of sp³-hybridized carbons (Fsp3) is 0.889. The minimum atomic E-state index is -3.63. The molecule has 2 heterocycles. The smallest absolute Gasteiger partial charge is 0.320 e. The zero-order valence-electron chi connectivity index (χ0n) is 9.83. The van der Waals surface area contributed by atoms with Gasteiger partial charge in [0.1, 0.15) is 6.10 Å². The number of hydrogen-bond donors (Lipinski definition) is 4. The van der Waals surface area contributed by atoms with E-state index in [1.54, 1.807) is 0 Å². The molecule has 2 aliphatic rings. The molecule has 4 unspecified atom stereocenters. The number of carbonyl (C=O) groups is 1. The summed E-state index contributed by atoms with van der Waals surface area (Å²) in [4.78, 5) is 12.3. The largest absolute Gasteiger partial charge is 0.394 e. The molecule has 4 atom stereocenters. The normalized spacial score (nSPS) is 37.7. The molecule has 2 fully saturated rings. The maximum absolute atomic E-state index is 13.8. The van der Waals surface area contributed by atoms with Crippen LogP contribution in [0.25, 0.3) is 0 Å². The number of aliphatic hydroxyl groups excluding tert-OH is 2. The van der Waals surface area contributed by atoms with E-state index in [1.165, 1.54) is 0 Å². The highest BCUT2D eigenvalue weighted by Crippen LogP contribution is 2.38. The van der Waals surface area contributed by atoms with Gasteiger partial charge >= 0.3 is 12.0 Å². The van der Waals surface area contributed by atoms with E-state index >= 15 is 0 Å². The predicted octanol–water partition coefficient (Wildman–Crippen LogP) is -1.18. The van der Waals surface area contributed by atoms with Gasteiger partial charge in [0.15, 0.2) is 6.10 Å². The number of nitrogens with two attached hydrogens (primary N) is 1. The molecule has 5 N–H and O–H groups in total. The van der Waals surface area contributed by atoms with Crippen LogP contribution in [-0.4, -0.2) is 64.8 Å². The number of aliphatic hydroxyl groups is 2. The molecule has 2 saturated heterocycles. The van der Waals surface area contributed by atoms with Crippen molar-refractivity contribution in [1.29, 1.82) is 0 Å². The van der Waals surface area contributed by atoms with Crippen molar-refractivity contribution in [3.8, 4) is 0 Å². The average Bonchev–Trinajstić information content (AvgIpc) is 2.52. The van der Waals surface area contributed by atoms with Crippen molar-refractivity contribution in [3.05, 3.63) is 0 Å². The zero-order chi connectivity index (χ0) is 13.5. The van der Waals surface area contributed by atoms with Gasteiger partial charge in [0.05, 0.1) is 12.8 Å². The van der Waals surface area contributed by atoms with Crippen LogP contribution in [0.4, 0.5) is 13.6 Å². The first-order chi connectivity index (χ1) is 8.37. The number of rotatable bonds is 2. The van der Waals surface area contributed by atoms with Crippen molar-refractivity contribution in [2.24, 2.45) is 5.73 Å². The molecule has 0 spiro atoms. The molecule has 0 bridgehead atoms. The third-order valence-electron chi connectivity index (χ3n) is 3.09. The van der Waals surface area contributed by atoms with Gasteiger partial charge in [-0.15, -0.1) is 12.4 Å². The number of halogens is 3. The molecule has 19 heavy (non-hydrogen) atoms. The van der Waals surface area contributed by atoms with Crippen LogP contribution in [0.3, 0.4) is 0 Å². The summed E-state index contributed by atoms with van der Waals surface area (Å²) in [5.41, 5.74) is 5.46. The minimum absolute atomic E-state index is 0. The molecule has 7 nitrogen and oxygen atoms in total. The Kier molecular flexibility index (Phi) is 4.91. The molecule has 112 valence electrons. The number of alkyl halides is 2. The molecule has 0 saturated carbocycles. The van der Waals surface area contributed by atoms with E-state index in [4.69, 9.17) is 15.6 Å². The van der Waals surface area contributed by atoms with Crippen LogP contribution in [0.15, 0.2) is 0 Å².